The van der Waals surface area contributed by atoms with Crippen LogP contribution in [0.5, 0.6) is 11.5 Å². The summed E-state index contributed by atoms with van der Waals surface area (Å²) in [5.74, 6) is 1.60. The van der Waals surface area contributed by atoms with Gasteiger partial charge in [-0.3, -0.25) is 0 Å². The van der Waals surface area contributed by atoms with Crippen LogP contribution in [-0.4, -0.2) is 24.4 Å². The number of ether oxygens (including phenoxy) is 2. The molecule has 1 aromatic carbocycles. The van der Waals surface area contributed by atoms with Crippen molar-refractivity contribution < 1.29 is 14.6 Å². The van der Waals surface area contributed by atoms with Crippen LogP contribution in [0, 0.1) is 0 Å². The Morgan fingerprint density at radius 3 is 2.56 bits per heavy atom. The van der Waals surface area contributed by atoms with E-state index in [1.54, 1.807) is 0 Å². The fourth-order valence-electron chi connectivity index (χ4n) is 1.63. The van der Waals surface area contributed by atoms with E-state index in [9.17, 15) is 0 Å². The summed E-state index contributed by atoms with van der Waals surface area (Å²) >= 11 is 0. The van der Waals surface area contributed by atoms with Crippen molar-refractivity contribution in [3.8, 4) is 11.5 Å². The van der Waals surface area contributed by atoms with Gasteiger partial charge >= 0.3 is 0 Å². The molecule has 0 amide bonds. The van der Waals surface area contributed by atoms with Crippen molar-refractivity contribution in [2.75, 3.05) is 13.2 Å². The van der Waals surface area contributed by atoms with Gasteiger partial charge in [0, 0.05) is 6.61 Å². The molecule has 0 heterocycles. The number of rotatable bonds is 8. The first-order valence-corrected chi connectivity index (χ1v) is 6.70. The molecule has 0 saturated heterocycles. The van der Waals surface area contributed by atoms with Gasteiger partial charge in [-0.2, -0.15) is 0 Å². The molecule has 0 aliphatic carbocycles. The molecule has 3 heteroatoms. The van der Waals surface area contributed by atoms with E-state index >= 15 is 0 Å². The van der Waals surface area contributed by atoms with Crippen molar-refractivity contribution in [2.24, 2.45) is 0 Å². The highest BCUT2D eigenvalue weighted by atomic mass is 16.5. The van der Waals surface area contributed by atoms with E-state index in [1.807, 2.05) is 26.0 Å². The maximum Gasteiger partial charge on any atom is 0.161 e. The van der Waals surface area contributed by atoms with Crippen LogP contribution in [0.25, 0.3) is 0 Å². The zero-order valence-corrected chi connectivity index (χ0v) is 11.6. The average molecular weight is 252 g/mol. The standard InChI is InChI=1S/C15H24O3/c1-4-13-7-8-14(18-12(2)3)15(11-13)17-10-6-5-9-16/h7-8,11-12,16H,4-6,9-10H2,1-3H3. The second kappa shape index (κ2) is 7.98. The summed E-state index contributed by atoms with van der Waals surface area (Å²) in [5.41, 5.74) is 1.24. The molecule has 0 unspecified atom stereocenters. The molecule has 0 atom stereocenters. The van der Waals surface area contributed by atoms with E-state index in [4.69, 9.17) is 14.6 Å². The zero-order chi connectivity index (χ0) is 13.4. The van der Waals surface area contributed by atoms with Crippen LogP contribution in [0.15, 0.2) is 18.2 Å². The summed E-state index contributed by atoms with van der Waals surface area (Å²) in [6, 6.07) is 6.08. The molecule has 0 aromatic heterocycles. The first-order valence-electron chi connectivity index (χ1n) is 6.70. The molecule has 0 aliphatic rings. The van der Waals surface area contributed by atoms with Crippen LogP contribution >= 0.6 is 0 Å². The molecular weight excluding hydrogens is 228 g/mol. The van der Waals surface area contributed by atoms with Gasteiger partial charge in [0.05, 0.1) is 12.7 Å². The van der Waals surface area contributed by atoms with Crippen molar-refractivity contribution >= 4 is 0 Å². The summed E-state index contributed by atoms with van der Waals surface area (Å²) in [7, 11) is 0. The Bertz CT molecular complexity index is 348. The van der Waals surface area contributed by atoms with Crippen LogP contribution in [0.2, 0.25) is 0 Å². The maximum atomic E-state index is 8.74. The van der Waals surface area contributed by atoms with Gasteiger partial charge in [0.25, 0.3) is 0 Å². The second-order valence-corrected chi connectivity index (χ2v) is 4.58. The monoisotopic (exact) mass is 252 g/mol. The minimum absolute atomic E-state index is 0.136. The van der Waals surface area contributed by atoms with Crippen molar-refractivity contribution in [1.82, 2.24) is 0 Å². The Morgan fingerprint density at radius 2 is 1.94 bits per heavy atom. The van der Waals surface area contributed by atoms with Crippen LogP contribution in [-0.2, 0) is 6.42 Å². The number of hydrogen-bond acceptors (Lipinski definition) is 3. The number of unbranched alkanes of at least 4 members (excludes halogenated alkanes) is 1. The van der Waals surface area contributed by atoms with Crippen LogP contribution < -0.4 is 9.47 Å². The smallest absolute Gasteiger partial charge is 0.161 e. The summed E-state index contributed by atoms with van der Waals surface area (Å²) in [5, 5.41) is 8.74. The highest BCUT2D eigenvalue weighted by Crippen LogP contribution is 2.29. The molecule has 0 bridgehead atoms. The summed E-state index contributed by atoms with van der Waals surface area (Å²) in [6.45, 7) is 6.95. The van der Waals surface area contributed by atoms with E-state index in [2.05, 4.69) is 13.0 Å². The summed E-state index contributed by atoms with van der Waals surface area (Å²) in [4.78, 5) is 0. The fraction of sp³-hybridized carbons (Fsp3) is 0.600. The van der Waals surface area contributed by atoms with E-state index in [-0.39, 0.29) is 12.7 Å². The normalized spacial score (nSPS) is 10.7. The molecule has 18 heavy (non-hydrogen) atoms. The van der Waals surface area contributed by atoms with Gasteiger partial charge in [-0.15, -0.1) is 0 Å². The lowest BCUT2D eigenvalue weighted by molar-refractivity contribution is 0.214. The minimum Gasteiger partial charge on any atom is -0.490 e. The van der Waals surface area contributed by atoms with Gasteiger partial charge < -0.3 is 14.6 Å². The van der Waals surface area contributed by atoms with Crippen molar-refractivity contribution in [2.45, 2.75) is 46.1 Å². The molecule has 3 nitrogen and oxygen atoms in total. The highest BCUT2D eigenvalue weighted by molar-refractivity contribution is 5.43. The van der Waals surface area contributed by atoms with Crippen LogP contribution in [0.3, 0.4) is 0 Å². The fourth-order valence-corrected chi connectivity index (χ4v) is 1.63. The molecule has 102 valence electrons. The van der Waals surface area contributed by atoms with Crippen molar-refractivity contribution in [3.63, 3.8) is 0 Å². The largest absolute Gasteiger partial charge is 0.490 e. The molecule has 1 rings (SSSR count). The van der Waals surface area contributed by atoms with Crippen LogP contribution in [0.1, 0.15) is 39.2 Å². The Balaban J connectivity index is 2.69. The van der Waals surface area contributed by atoms with Gasteiger partial charge in [0.1, 0.15) is 0 Å². The lowest BCUT2D eigenvalue weighted by Gasteiger charge is -2.16. The molecule has 0 radical (unpaired) electrons. The van der Waals surface area contributed by atoms with E-state index in [0.717, 1.165) is 30.8 Å². The topological polar surface area (TPSA) is 38.7 Å². The first kappa shape index (κ1) is 14.8. The number of aryl methyl sites for hydroxylation is 1. The average Bonchev–Trinajstić information content (AvgIpc) is 2.35. The van der Waals surface area contributed by atoms with Gasteiger partial charge in [-0.05, 0) is 50.8 Å². The summed E-state index contributed by atoms with van der Waals surface area (Å²) < 4.78 is 11.5. The molecular formula is C15H24O3. The summed E-state index contributed by atoms with van der Waals surface area (Å²) in [6.07, 6.45) is 2.74. The lowest BCUT2D eigenvalue weighted by atomic mass is 10.1. The third-order valence-electron chi connectivity index (χ3n) is 2.59. The molecule has 0 spiro atoms. The third-order valence-corrected chi connectivity index (χ3v) is 2.59. The van der Waals surface area contributed by atoms with Crippen molar-refractivity contribution in [1.29, 1.82) is 0 Å². The number of hydrogen-bond donors (Lipinski definition) is 1. The van der Waals surface area contributed by atoms with Crippen molar-refractivity contribution in [3.05, 3.63) is 23.8 Å². The SMILES string of the molecule is CCc1ccc(OC(C)C)c(OCCCCO)c1. The maximum absolute atomic E-state index is 8.74. The number of aliphatic hydroxyl groups is 1. The minimum atomic E-state index is 0.136. The molecule has 0 fully saturated rings. The first-order chi connectivity index (χ1) is 8.67. The quantitative estimate of drug-likeness (QED) is 0.722. The zero-order valence-electron chi connectivity index (χ0n) is 11.6. The van der Waals surface area contributed by atoms with Gasteiger partial charge in [-0.1, -0.05) is 13.0 Å². The Kier molecular flexibility index (Phi) is 6.58. The molecule has 0 aliphatic heterocycles. The Labute approximate surface area is 110 Å². The Hall–Kier alpha value is -1.22. The van der Waals surface area contributed by atoms with E-state index in [0.29, 0.717) is 6.61 Å². The van der Waals surface area contributed by atoms with Gasteiger partial charge in [-0.25, -0.2) is 0 Å². The molecule has 1 N–H and O–H groups in total. The van der Waals surface area contributed by atoms with Gasteiger partial charge in [0.15, 0.2) is 11.5 Å². The predicted molar refractivity (Wildman–Crippen MR) is 73.4 cm³/mol. The lowest BCUT2D eigenvalue weighted by Crippen LogP contribution is -2.08. The Morgan fingerprint density at radius 1 is 1.17 bits per heavy atom. The van der Waals surface area contributed by atoms with Gasteiger partial charge in [0.2, 0.25) is 0 Å². The number of aliphatic hydroxyl groups excluding tert-OH is 1. The molecule has 1 aromatic rings. The van der Waals surface area contributed by atoms with E-state index < -0.39 is 0 Å². The third kappa shape index (κ3) is 4.96. The van der Waals surface area contributed by atoms with E-state index in [1.165, 1.54) is 5.56 Å². The predicted octanol–water partition coefficient (Wildman–Crippen LogP) is 3.19. The van der Waals surface area contributed by atoms with Crippen LogP contribution in [0.4, 0.5) is 0 Å². The molecule has 0 saturated carbocycles. The number of benzene rings is 1. The highest BCUT2D eigenvalue weighted by Gasteiger charge is 2.08. The second-order valence-electron chi connectivity index (χ2n) is 4.58.